The van der Waals surface area contributed by atoms with Crippen LogP contribution in [-0.4, -0.2) is 64.2 Å². The van der Waals surface area contributed by atoms with Crippen molar-refractivity contribution < 1.29 is 50.5 Å². The summed E-state index contributed by atoms with van der Waals surface area (Å²) in [7, 11) is -12.3. The number of esters is 4. The summed E-state index contributed by atoms with van der Waals surface area (Å²) in [4.78, 5) is 47.0. The third kappa shape index (κ3) is 12.9. The Morgan fingerprint density at radius 2 is 0.846 bits per heavy atom. The van der Waals surface area contributed by atoms with Gasteiger partial charge in [0.1, 0.15) is 17.2 Å². The van der Waals surface area contributed by atoms with Crippen LogP contribution in [0.25, 0.3) is 0 Å². The highest BCUT2D eigenvalue weighted by molar-refractivity contribution is 6.98. The first-order valence-electron chi connectivity index (χ1n) is 17.0. The summed E-state index contributed by atoms with van der Waals surface area (Å²) in [6.45, 7) is 18.3. The minimum atomic E-state index is -3.74. The summed E-state index contributed by atoms with van der Waals surface area (Å²) in [5.74, 6) is -0.394. The van der Waals surface area contributed by atoms with Gasteiger partial charge in [-0.3, -0.25) is 14.4 Å². The first kappa shape index (κ1) is 42.4. The minimum absolute atomic E-state index is 0.130. The molecule has 0 radical (unpaired) electrons. The molecule has 0 atom stereocenters. The maximum Gasteiger partial charge on any atom is 0.470 e. The molecule has 0 fully saturated rings. The summed E-state index contributed by atoms with van der Waals surface area (Å²) in [5, 5.41) is 2.80. The molecule has 0 aliphatic rings. The van der Waals surface area contributed by atoms with Crippen LogP contribution in [0, 0.1) is 0 Å². The summed E-state index contributed by atoms with van der Waals surface area (Å²) in [6, 6.07) is 22.2. The van der Waals surface area contributed by atoms with Crippen molar-refractivity contribution >= 4 is 73.2 Å². The molecule has 0 amide bonds. The molecular weight excluding hydrogens is 733 g/mol. The van der Waals surface area contributed by atoms with Crippen LogP contribution in [0.2, 0.25) is 45.3 Å². The summed E-state index contributed by atoms with van der Waals surface area (Å²) >= 11 is 0. The van der Waals surface area contributed by atoms with Crippen LogP contribution < -0.4 is 29.8 Å². The number of benzene rings is 3. The van der Waals surface area contributed by atoms with Crippen molar-refractivity contribution in [2.75, 3.05) is 6.61 Å². The van der Waals surface area contributed by atoms with E-state index in [-0.39, 0.29) is 6.61 Å². The highest BCUT2D eigenvalue weighted by atomic mass is 28.5. The number of hydrogen-bond donors (Lipinski definition) is 0. The van der Waals surface area contributed by atoms with Crippen molar-refractivity contribution in [1.29, 1.82) is 0 Å². The van der Waals surface area contributed by atoms with Crippen molar-refractivity contribution in [3.63, 3.8) is 0 Å². The van der Waals surface area contributed by atoms with E-state index in [1.165, 1.54) is 26.8 Å². The number of rotatable bonds is 17. The molecule has 0 aliphatic carbocycles. The molecule has 0 heterocycles. The van der Waals surface area contributed by atoms with Gasteiger partial charge in [-0.1, -0.05) is 42.5 Å². The lowest BCUT2D eigenvalue weighted by molar-refractivity contribution is -0.138. The van der Waals surface area contributed by atoms with Gasteiger partial charge in [0.25, 0.3) is 0 Å². The molecule has 0 N–H and O–H groups in total. The van der Waals surface area contributed by atoms with Gasteiger partial charge in [-0.05, 0) is 105 Å². The van der Waals surface area contributed by atoms with Crippen molar-refractivity contribution in [1.82, 2.24) is 0 Å². The third-order valence-corrected chi connectivity index (χ3v) is 23.8. The Labute approximate surface area is 310 Å². The van der Waals surface area contributed by atoms with E-state index in [2.05, 4.69) is 39.3 Å². The zero-order chi connectivity index (χ0) is 38.7. The van der Waals surface area contributed by atoms with Crippen LogP contribution in [0.1, 0.15) is 34.1 Å². The average Bonchev–Trinajstić information content (AvgIpc) is 3.02. The van der Waals surface area contributed by atoms with Crippen molar-refractivity contribution in [3.05, 3.63) is 84.9 Å². The topological polar surface area (TPSA) is 133 Å². The third-order valence-electron chi connectivity index (χ3n) is 7.84. The van der Waals surface area contributed by atoms with Crippen molar-refractivity contribution in [3.8, 4) is 17.2 Å². The maximum atomic E-state index is 12.2. The smallest absolute Gasteiger partial charge is 0.463 e. The summed E-state index contributed by atoms with van der Waals surface area (Å²) < 4.78 is 43.4. The number of ether oxygens (including phenoxy) is 4. The monoisotopic (exact) mass is 782 g/mol. The van der Waals surface area contributed by atoms with Crippen LogP contribution in [0.4, 0.5) is 0 Å². The van der Waals surface area contributed by atoms with E-state index in [0.717, 1.165) is 15.6 Å². The van der Waals surface area contributed by atoms with Crippen LogP contribution in [0.5, 0.6) is 17.2 Å². The highest BCUT2D eigenvalue weighted by Gasteiger charge is 2.53. The SMILES string of the molecule is CC=CC(=O)OCCC[Si](O[Si](C)(C)c1ccc(OC(C)=O)cc1)(O[Si](C)(C)c1ccc(OC(C)=O)cc1)O[Si](C)(C)c1ccc(OC(C)=O)cc1. The van der Waals surface area contributed by atoms with E-state index >= 15 is 0 Å². The van der Waals surface area contributed by atoms with E-state index in [4.69, 9.17) is 31.3 Å². The molecule has 0 bridgehead atoms. The Balaban J connectivity index is 2.14. The standard InChI is InChI=1S/C37H50O11Si4/c1-11-13-37(41)42-26-12-27-52(46-49(5,6)34-20-14-31(15-21-34)43-28(2)38,47-50(7,8)35-22-16-32(17-23-35)44-29(3)39)48-51(9,10)36-24-18-33(19-25-36)45-30(4)40/h11,13-25H,12,26-27H2,1-10H3. The predicted molar refractivity (Wildman–Crippen MR) is 209 cm³/mol. The lowest BCUT2D eigenvalue weighted by atomic mass is 10.3. The molecular formula is C37H50O11Si4. The highest BCUT2D eigenvalue weighted by Crippen LogP contribution is 2.31. The average molecular weight is 783 g/mol. The summed E-state index contributed by atoms with van der Waals surface area (Å²) in [6.07, 6.45) is 3.41. The van der Waals surface area contributed by atoms with Crippen molar-refractivity contribution in [2.24, 2.45) is 0 Å². The number of hydrogen-bond acceptors (Lipinski definition) is 11. The minimum Gasteiger partial charge on any atom is -0.463 e. The van der Waals surface area contributed by atoms with Gasteiger partial charge >= 0.3 is 32.7 Å². The van der Waals surface area contributed by atoms with Gasteiger partial charge in [-0.2, -0.15) is 0 Å². The Morgan fingerprint density at radius 1 is 0.538 bits per heavy atom. The molecule has 280 valence electrons. The molecule has 0 aliphatic heterocycles. The van der Waals surface area contributed by atoms with E-state index in [0.29, 0.717) is 29.7 Å². The van der Waals surface area contributed by atoms with E-state index in [1.54, 1.807) is 49.4 Å². The zero-order valence-electron chi connectivity index (χ0n) is 31.7. The lowest BCUT2D eigenvalue weighted by Gasteiger charge is -2.45. The normalized spacial score (nSPS) is 12.3. The van der Waals surface area contributed by atoms with Crippen molar-refractivity contribution in [2.45, 2.75) is 79.4 Å². The Bertz CT molecular complexity index is 1540. The molecule has 0 saturated heterocycles. The fraction of sp³-hybridized carbons (Fsp3) is 0.351. The largest absolute Gasteiger partial charge is 0.470 e. The molecule has 52 heavy (non-hydrogen) atoms. The molecule has 3 aromatic rings. The second-order valence-corrected chi connectivity index (χ2v) is 28.8. The molecule has 15 heteroatoms. The van der Waals surface area contributed by atoms with E-state index < -0.39 is 57.6 Å². The van der Waals surface area contributed by atoms with Gasteiger partial charge in [0.05, 0.1) is 6.61 Å². The lowest BCUT2D eigenvalue weighted by Crippen LogP contribution is -2.67. The Morgan fingerprint density at radius 3 is 1.12 bits per heavy atom. The molecule has 0 saturated carbocycles. The first-order valence-corrected chi connectivity index (χ1v) is 27.7. The number of carbonyl (C=O) groups excluding carboxylic acids is 4. The Hall–Kier alpha value is -3.97. The Kier molecular flexibility index (Phi) is 14.8. The second kappa shape index (κ2) is 18.2. The fourth-order valence-electron chi connectivity index (χ4n) is 5.48. The van der Waals surface area contributed by atoms with E-state index in [1.807, 2.05) is 36.4 Å². The molecule has 0 aromatic heterocycles. The molecule has 11 nitrogen and oxygen atoms in total. The number of allylic oxidation sites excluding steroid dienone is 1. The molecule has 0 spiro atoms. The van der Waals surface area contributed by atoms with Gasteiger partial charge in [0.2, 0.25) is 25.0 Å². The van der Waals surface area contributed by atoms with Gasteiger partial charge in [-0.25, -0.2) is 4.79 Å². The van der Waals surface area contributed by atoms with Gasteiger partial charge in [-0.15, -0.1) is 0 Å². The molecule has 0 unspecified atom stereocenters. The zero-order valence-corrected chi connectivity index (χ0v) is 35.7. The predicted octanol–water partition coefficient (Wildman–Crippen LogP) is 5.60. The molecule has 3 aromatic carbocycles. The van der Waals surface area contributed by atoms with Gasteiger partial charge < -0.3 is 31.3 Å². The van der Waals surface area contributed by atoms with E-state index in [9.17, 15) is 19.2 Å². The maximum absolute atomic E-state index is 12.2. The van der Waals surface area contributed by atoms with Crippen LogP contribution in [0.3, 0.4) is 0 Å². The van der Waals surface area contributed by atoms with Crippen LogP contribution in [0.15, 0.2) is 84.9 Å². The molecule has 3 rings (SSSR count). The van der Waals surface area contributed by atoms with Gasteiger partial charge in [0.15, 0.2) is 0 Å². The summed E-state index contributed by atoms with van der Waals surface area (Å²) in [5.41, 5.74) is 0. The second-order valence-electron chi connectivity index (χ2n) is 13.6. The first-order chi connectivity index (χ1) is 24.3. The van der Waals surface area contributed by atoms with Gasteiger partial charge in [0, 0.05) is 32.9 Å². The fourth-order valence-corrected chi connectivity index (χ4v) is 22.6. The van der Waals surface area contributed by atoms with Crippen LogP contribution in [-0.2, 0) is 36.3 Å². The number of carbonyl (C=O) groups is 4. The van der Waals surface area contributed by atoms with Crippen LogP contribution >= 0.6 is 0 Å². The quantitative estimate of drug-likeness (QED) is 0.0558.